The predicted octanol–water partition coefficient (Wildman–Crippen LogP) is 1.39. The lowest BCUT2D eigenvalue weighted by atomic mass is 10.0. The van der Waals surface area contributed by atoms with Crippen LogP contribution in [0.25, 0.3) is 0 Å². The smallest absolute Gasteiger partial charge is 0.414 e. The van der Waals surface area contributed by atoms with Crippen LogP contribution in [0, 0.1) is 6.92 Å². The predicted molar refractivity (Wildman–Crippen MR) is 141 cm³/mol. The standard InChI is InChI=1S/C25H31N3O9S2/c1-16-6-12-19(13-7-16)39(35,36)28-15-38(33,34)25(2,3)21(28)22(29)26-20(23(30)31)14-17-8-10-18(11-9-17)37-24(32)27(4)5/h6-13,20-21H,14-15H2,1-5H3,(H,26,29)(H,30,31)/t20-,21+/m0/s1. The molecule has 2 aromatic carbocycles. The van der Waals surface area contributed by atoms with Crippen molar-refractivity contribution in [3.63, 3.8) is 0 Å². The minimum Gasteiger partial charge on any atom is -0.480 e. The molecule has 0 spiro atoms. The highest BCUT2D eigenvalue weighted by Crippen LogP contribution is 2.38. The van der Waals surface area contributed by atoms with E-state index in [0.29, 0.717) is 9.87 Å². The fourth-order valence-corrected chi connectivity index (χ4v) is 7.81. The van der Waals surface area contributed by atoms with Crippen molar-refractivity contribution in [3.05, 3.63) is 59.7 Å². The molecule has 14 heteroatoms. The lowest BCUT2D eigenvalue weighted by molar-refractivity contribution is -0.142. The monoisotopic (exact) mass is 581 g/mol. The van der Waals surface area contributed by atoms with Gasteiger partial charge in [0.15, 0.2) is 9.84 Å². The number of nitrogens with one attached hydrogen (secondary N) is 1. The Labute approximate surface area is 227 Å². The van der Waals surface area contributed by atoms with Crippen molar-refractivity contribution < 1.29 is 41.1 Å². The number of sulfonamides is 1. The van der Waals surface area contributed by atoms with E-state index < -0.39 is 60.5 Å². The summed E-state index contributed by atoms with van der Waals surface area (Å²) in [4.78, 5) is 38.2. The van der Waals surface area contributed by atoms with Gasteiger partial charge in [0, 0.05) is 20.5 Å². The molecule has 1 fully saturated rings. The van der Waals surface area contributed by atoms with E-state index in [9.17, 15) is 36.3 Å². The quantitative estimate of drug-likeness (QED) is 0.468. The normalized spacial score (nSPS) is 19.2. The summed E-state index contributed by atoms with van der Waals surface area (Å²) in [5.74, 6) is -3.17. The van der Waals surface area contributed by atoms with Gasteiger partial charge in [-0.1, -0.05) is 29.8 Å². The van der Waals surface area contributed by atoms with Crippen LogP contribution in [0.1, 0.15) is 25.0 Å². The number of nitrogens with zero attached hydrogens (tertiary/aromatic N) is 2. The van der Waals surface area contributed by atoms with Gasteiger partial charge in [-0.25, -0.2) is 26.4 Å². The Balaban J connectivity index is 1.87. The first-order chi connectivity index (χ1) is 18.0. The first kappa shape index (κ1) is 30.1. The number of carboxylic acid groups (broad SMARTS) is 1. The number of aryl methyl sites for hydroxylation is 1. The van der Waals surface area contributed by atoms with Crippen LogP contribution in [0.5, 0.6) is 5.75 Å². The molecule has 3 rings (SSSR count). The Bertz CT molecular complexity index is 1470. The molecule has 39 heavy (non-hydrogen) atoms. The number of rotatable bonds is 8. The summed E-state index contributed by atoms with van der Waals surface area (Å²) in [6.07, 6.45) is -0.800. The van der Waals surface area contributed by atoms with Crippen molar-refractivity contribution in [2.75, 3.05) is 20.0 Å². The molecule has 2 amide bonds. The second-order valence-corrected chi connectivity index (χ2v) is 14.4. The molecule has 0 aromatic heterocycles. The molecule has 12 nitrogen and oxygen atoms in total. The maximum atomic E-state index is 13.4. The molecule has 0 saturated carbocycles. The molecule has 0 aliphatic carbocycles. The van der Waals surface area contributed by atoms with Crippen LogP contribution in [-0.2, 0) is 35.9 Å². The molecule has 1 saturated heterocycles. The van der Waals surface area contributed by atoms with Crippen molar-refractivity contribution in [3.8, 4) is 5.75 Å². The zero-order valence-corrected chi connectivity index (χ0v) is 23.7. The third-order valence-corrected chi connectivity index (χ3v) is 10.9. The van der Waals surface area contributed by atoms with Crippen LogP contribution in [0.4, 0.5) is 4.79 Å². The van der Waals surface area contributed by atoms with Gasteiger partial charge in [-0.05, 0) is 50.6 Å². The van der Waals surface area contributed by atoms with Crippen LogP contribution >= 0.6 is 0 Å². The average Bonchev–Trinajstić information content (AvgIpc) is 3.04. The van der Waals surface area contributed by atoms with Crippen molar-refractivity contribution in [1.82, 2.24) is 14.5 Å². The topological polar surface area (TPSA) is 167 Å². The van der Waals surface area contributed by atoms with Crippen molar-refractivity contribution in [2.24, 2.45) is 0 Å². The van der Waals surface area contributed by atoms with Crippen LogP contribution in [-0.4, -0.2) is 85.9 Å². The van der Waals surface area contributed by atoms with E-state index in [1.807, 2.05) is 0 Å². The van der Waals surface area contributed by atoms with Gasteiger partial charge in [-0.2, -0.15) is 4.31 Å². The van der Waals surface area contributed by atoms with E-state index in [1.165, 1.54) is 69.2 Å². The largest absolute Gasteiger partial charge is 0.480 e. The first-order valence-electron chi connectivity index (χ1n) is 11.8. The molecular weight excluding hydrogens is 550 g/mol. The van der Waals surface area contributed by atoms with Gasteiger partial charge in [0.05, 0.1) is 9.64 Å². The van der Waals surface area contributed by atoms with E-state index in [-0.39, 0.29) is 17.1 Å². The van der Waals surface area contributed by atoms with E-state index in [4.69, 9.17) is 4.74 Å². The minimum atomic E-state index is -4.43. The highest BCUT2D eigenvalue weighted by Gasteiger charge is 2.59. The van der Waals surface area contributed by atoms with Crippen molar-refractivity contribution >= 4 is 37.8 Å². The Morgan fingerprint density at radius 1 is 1.10 bits per heavy atom. The third kappa shape index (κ3) is 6.23. The number of carboxylic acids is 1. The number of ether oxygens (including phenoxy) is 1. The summed E-state index contributed by atoms with van der Waals surface area (Å²) in [5.41, 5.74) is 1.25. The Kier molecular flexibility index (Phi) is 8.43. The molecule has 0 radical (unpaired) electrons. The molecule has 2 aromatic rings. The van der Waals surface area contributed by atoms with Crippen molar-refractivity contribution in [1.29, 1.82) is 0 Å². The Hall–Kier alpha value is -3.49. The van der Waals surface area contributed by atoms with Crippen LogP contribution in [0.2, 0.25) is 0 Å². The fourth-order valence-electron chi connectivity index (χ4n) is 4.00. The summed E-state index contributed by atoms with van der Waals surface area (Å²) < 4.78 is 56.7. The minimum absolute atomic E-state index is 0.191. The molecule has 212 valence electrons. The molecule has 0 unspecified atom stereocenters. The maximum absolute atomic E-state index is 13.4. The van der Waals surface area contributed by atoms with E-state index in [1.54, 1.807) is 19.1 Å². The maximum Gasteiger partial charge on any atom is 0.414 e. The molecule has 1 heterocycles. The fraction of sp³-hybridized carbons (Fsp3) is 0.400. The SMILES string of the molecule is Cc1ccc(S(=O)(=O)N2CS(=O)(=O)C(C)(C)[C@H]2C(=O)N[C@@H](Cc2ccc(OC(=O)N(C)C)cc2)C(=O)O)cc1. The number of hydrogen-bond donors (Lipinski definition) is 2. The molecule has 2 atom stereocenters. The van der Waals surface area contributed by atoms with Gasteiger partial charge in [0.2, 0.25) is 15.9 Å². The number of benzene rings is 2. The van der Waals surface area contributed by atoms with Crippen LogP contribution < -0.4 is 10.1 Å². The lowest BCUT2D eigenvalue weighted by Gasteiger charge is -2.30. The number of amides is 2. The van der Waals surface area contributed by atoms with Crippen LogP contribution in [0.15, 0.2) is 53.4 Å². The molecular formula is C25H31N3O9S2. The zero-order chi connectivity index (χ0) is 29.3. The van der Waals surface area contributed by atoms with Gasteiger partial charge in [0.1, 0.15) is 23.7 Å². The zero-order valence-electron chi connectivity index (χ0n) is 22.1. The number of aliphatic carboxylic acids is 1. The number of carbonyl (C=O) groups is 3. The average molecular weight is 582 g/mol. The summed E-state index contributed by atoms with van der Waals surface area (Å²) in [6, 6.07) is 8.44. The van der Waals surface area contributed by atoms with Crippen LogP contribution in [0.3, 0.4) is 0 Å². The van der Waals surface area contributed by atoms with Gasteiger partial charge < -0.3 is 20.1 Å². The van der Waals surface area contributed by atoms with E-state index in [0.717, 1.165) is 5.56 Å². The highest BCUT2D eigenvalue weighted by atomic mass is 32.2. The van der Waals surface area contributed by atoms with E-state index >= 15 is 0 Å². The van der Waals surface area contributed by atoms with Gasteiger partial charge in [-0.15, -0.1) is 0 Å². The summed E-state index contributed by atoms with van der Waals surface area (Å²) in [5, 5.41) is 12.1. The number of hydrogen-bond acceptors (Lipinski definition) is 8. The van der Waals surface area contributed by atoms with Crippen molar-refractivity contribution in [2.45, 2.75) is 48.9 Å². The number of sulfone groups is 1. The van der Waals surface area contributed by atoms with Gasteiger partial charge >= 0.3 is 12.1 Å². The first-order valence-corrected chi connectivity index (χ1v) is 14.9. The summed E-state index contributed by atoms with van der Waals surface area (Å²) >= 11 is 0. The number of carbonyl (C=O) groups excluding carboxylic acids is 2. The molecule has 1 aliphatic rings. The third-order valence-electron chi connectivity index (χ3n) is 6.47. The Morgan fingerprint density at radius 3 is 2.18 bits per heavy atom. The molecule has 0 bridgehead atoms. The lowest BCUT2D eigenvalue weighted by Crippen LogP contribution is -2.57. The second-order valence-electron chi connectivity index (χ2n) is 9.96. The summed E-state index contributed by atoms with van der Waals surface area (Å²) in [7, 11) is -5.51. The highest BCUT2D eigenvalue weighted by molar-refractivity contribution is 7.95. The van der Waals surface area contributed by atoms with E-state index in [2.05, 4.69) is 5.32 Å². The molecule has 2 N–H and O–H groups in total. The van der Waals surface area contributed by atoms with Gasteiger partial charge in [-0.3, -0.25) is 4.79 Å². The molecule has 1 aliphatic heterocycles. The van der Waals surface area contributed by atoms with Gasteiger partial charge in [0.25, 0.3) is 0 Å². The summed E-state index contributed by atoms with van der Waals surface area (Å²) in [6.45, 7) is 4.23. The Morgan fingerprint density at radius 2 is 1.67 bits per heavy atom. The second kappa shape index (κ2) is 10.9.